The van der Waals surface area contributed by atoms with Gasteiger partial charge >= 0.3 is 0 Å². The minimum atomic E-state index is -4.22. The number of rotatable bonds is 9. The molecule has 0 bridgehead atoms. The van der Waals surface area contributed by atoms with Gasteiger partial charge in [-0.3, -0.25) is 4.72 Å². The lowest BCUT2D eigenvalue weighted by molar-refractivity contribution is 0.236. The zero-order valence-corrected chi connectivity index (χ0v) is 21.2. The van der Waals surface area contributed by atoms with E-state index in [1.165, 1.54) is 18.3 Å². The lowest BCUT2D eigenvalue weighted by atomic mass is 9.80. The number of sulfonamides is 1. The molecule has 1 aliphatic rings. The van der Waals surface area contributed by atoms with E-state index in [-0.39, 0.29) is 40.3 Å². The van der Waals surface area contributed by atoms with Gasteiger partial charge in [-0.05, 0) is 48.7 Å². The summed E-state index contributed by atoms with van der Waals surface area (Å²) in [6, 6.07) is 8.38. The molecule has 0 unspecified atom stereocenters. The molecule has 186 valence electrons. The Hall–Kier alpha value is -2.53. The molecular formula is C24H24ClF2N3O3S2. The summed E-state index contributed by atoms with van der Waals surface area (Å²) in [5.41, 5.74) is 1.89. The minimum absolute atomic E-state index is 0.0333. The molecular weight excluding hydrogens is 516 g/mol. The molecule has 0 radical (unpaired) electrons. The zero-order chi connectivity index (χ0) is 25.0. The highest BCUT2D eigenvalue weighted by atomic mass is 35.5. The number of halogens is 3. The van der Waals surface area contributed by atoms with Gasteiger partial charge in [-0.2, -0.15) is 0 Å². The zero-order valence-electron chi connectivity index (χ0n) is 18.8. The second-order valence-corrected chi connectivity index (χ2v) is 10.9. The third-order valence-electron chi connectivity index (χ3n) is 5.72. The van der Waals surface area contributed by atoms with Gasteiger partial charge in [0.05, 0.1) is 11.6 Å². The Morgan fingerprint density at radius 3 is 2.69 bits per heavy atom. The van der Waals surface area contributed by atoms with Gasteiger partial charge in [0.25, 0.3) is 10.0 Å². The van der Waals surface area contributed by atoms with Gasteiger partial charge in [0, 0.05) is 29.6 Å². The SMILES string of the molecule is CCN[C@@H]1CCC=C(c2ccc(F)cc2)[C@H]1COc1cc(F)c(S(=O)(=O)Nc2nccs2)cc1Cl. The van der Waals surface area contributed by atoms with Crippen molar-refractivity contribution in [2.45, 2.75) is 30.7 Å². The second kappa shape index (κ2) is 11.0. The number of benzene rings is 2. The molecule has 35 heavy (non-hydrogen) atoms. The smallest absolute Gasteiger partial charge is 0.266 e. The van der Waals surface area contributed by atoms with Crippen LogP contribution in [0.15, 0.2) is 58.9 Å². The molecule has 3 aromatic rings. The maximum absolute atomic E-state index is 14.9. The van der Waals surface area contributed by atoms with Gasteiger partial charge in [-0.1, -0.05) is 36.7 Å². The van der Waals surface area contributed by atoms with E-state index in [9.17, 15) is 17.2 Å². The van der Waals surface area contributed by atoms with Gasteiger partial charge in [-0.25, -0.2) is 22.2 Å². The molecule has 4 rings (SSSR count). The van der Waals surface area contributed by atoms with Crippen LogP contribution in [0.25, 0.3) is 5.57 Å². The van der Waals surface area contributed by atoms with Crippen molar-refractivity contribution in [2.75, 3.05) is 17.9 Å². The van der Waals surface area contributed by atoms with Crippen LogP contribution in [0, 0.1) is 17.6 Å². The summed E-state index contributed by atoms with van der Waals surface area (Å²) in [6.07, 6.45) is 5.28. The van der Waals surface area contributed by atoms with E-state index in [4.69, 9.17) is 16.3 Å². The molecule has 2 aromatic carbocycles. The fourth-order valence-electron chi connectivity index (χ4n) is 4.12. The van der Waals surface area contributed by atoms with Crippen molar-refractivity contribution in [1.29, 1.82) is 0 Å². The van der Waals surface area contributed by atoms with Crippen molar-refractivity contribution in [3.63, 3.8) is 0 Å². The Bertz CT molecular complexity index is 1300. The minimum Gasteiger partial charge on any atom is -0.491 e. The van der Waals surface area contributed by atoms with Crippen LogP contribution in [0.4, 0.5) is 13.9 Å². The molecule has 6 nitrogen and oxygen atoms in total. The number of hydrogen-bond donors (Lipinski definition) is 2. The van der Waals surface area contributed by atoms with Gasteiger partial charge in [0.15, 0.2) is 5.13 Å². The Morgan fingerprint density at radius 2 is 2.00 bits per heavy atom. The van der Waals surface area contributed by atoms with E-state index in [0.717, 1.165) is 54.0 Å². The molecule has 11 heteroatoms. The summed E-state index contributed by atoms with van der Waals surface area (Å²) in [5.74, 6) is -1.38. The molecule has 1 heterocycles. The van der Waals surface area contributed by atoms with Crippen LogP contribution >= 0.6 is 22.9 Å². The highest BCUT2D eigenvalue weighted by Gasteiger charge is 2.30. The van der Waals surface area contributed by atoms with Crippen molar-refractivity contribution in [3.05, 3.63) is 76.3 Å². The van der Waals surface area contributed by atoms with Gasteiger partial charge in [0.1, 0.15) is 22.3 Å². The Balaban J connectivity index is 1.56. The van der Waals surface area contributed by atoms with Gasteiger partial charge < -0.3 is 10.1 Å². The number of thiazole rings is 1. The maximum atomic E-state index is 14.9. The molecule has 0 fully saturated rings. The maximum Gasteiger partial charge on any atom is 0.266 e. The van der Waals surface area contributed by atoms with Gasteiger partial charge in [-0.15, -0.1) is 11.3 Å². The summed E-state index contributed by atoms with van der Waals surface area (Å²) >= 11 is 7.38. The fourth-order valence-corrected chi connectivity index (χ4v) is 6.28. The quantitative estimate of drug-likeness (QED) is 0.363. The predicted molar refractivity (Wildman–Crippen MR) is 134 cm³/mol. The Morgan fingerprint density at radius 1 is 1.23 bits per heavy atom. The summed E-state index contributed by atoms with van der Waals surface area (Å²) in [6.45, 7) is 2.94. The Kier molecular flexibility index (Phi) is 8.05. The molecule has 0 amide bonds. The number of allylic oxidation sites excluding steroid dienone is 1. The molecule has 0 aliphatic heterocycles. The highest BCUT2D eigenvalue weighted by Crippen LogP contribution is 2.36. The Labute approximate surface area is 212 Å². The molecule has 0 spiro atoms. The number of nitrogens with zero attached hydrogens (tertiary/aromatic N) is 1. The molecule has 2 N–H and O–H groups in total. The van der Waals surface area contributed by atoms with Crippen molar-refractivity contribution in [1.82, 2.24) is 10.3 Å². The highest BCUT2D eigenvalue weighted by molar-refractivity contribution is 7.93. The first kappa shape index (κ1) is 25.6. The van der Waals surface area contributed by atoms with E-state index in [1.807, 2.05) is 6.92 Å². The van der Waals surface area contributed by atoms with E-state index in [2.05, 4.69) is 21.1 Å². The van der Waals surface area contributed by atoms with Gasteiger partial charge in [0.2, 0.25) is 0 Å². The largest absolute Gasteiger partial charge is 0.491 e. The number of hydrogen-bond acceptors (Lipinski definition) is 6. The van der Waals surface area contributed by atoms with E-state index in [1.54, 1.807) is 17.5 Å². The summed E-state index contributed by atoms with van der Waals surface area (Å²) < 4.78 is 61.7. The number of aromatic nitrogens is 1. The first-order valence-corrected chi connectivity index (χ1v) is 13.8. The molecule has 2 atom stereocenters. The van der Waals surface area contributed by atoms with Crippen LogP contribution in [0.5, 0.6) is 5.75 Å². The average Bonchev–Trinajstić information content (AvgIpc) is 3.33. The van der Waals surface area contributed by atoms with Crippen LogP contribution in [0.3, 0.4) is 0 Å². The van der Waals surface area contributed by atoms with Crippen molar-refractivity contribution in [3.8, 4) is 5.75 Å². The topological polar surface area (TPSA) is 80.3 Å². The first-order valence-electron chi connectivity index (χ1n) is 11.0. The van der Waals surface area contributed by atoms with Crippen LogP contribution in [0.2, 0.25) is 5.02 Å². The summed E-state index contributed by atoms with van der Waals surface area (Å²) in [5, 5.41) is 5.14. The van der Waals surface area contributed by atoms with Crippen molar-refractivity contribution in [2.24, 2.45) is 5.92 Å². The van der Waals surface area contributed by atoms with E-state index in [0.29, 0.717) is 0 Å². The lowest BCUT2D eigenvalue weighted by Crippen LogP contribution is -2.41. The van der Waals surface area contributed by atoms with Crippen LogP contribution in [0.1, 0.15) is 25.3 Å². The van der Waals surface area contributed by atoms with E-state index >= 15 is 0 Å². The lowest BCUT2D eigenvalue weighted by Gasteiger charge is -2.33. The average molecular weight is 540 g/mol. The monoisotopic (exact) mass is 539 g/mol. The second-order valence-electron chi connectivity index (χ2n) is 7.98. The number of nitrogens with one attached hydrogen (secondary N) is 2. The molecule has 1 aromatic heterocycles. The standard InChI is InChI=1S/C24H24ClF2N3O3S2/c1-2-28-21-5-3-4-17(15-6-8-16(26)9-7-15)18(21)14-33-22-13-20(27)23(12-19(22)25)35(31,32)30-24-29-10-11-34-24/h4,6-13,18,21,28H,2-3,5,14H2,1H3,(H,29,30)/t18-,21-/m1/s1. The normalized spacial score (nSPS) is 18.2. The summed E-state index contributed by atoms with van der Waals surface area (Å²) in [7, 11) is -4.22. The van der Waals surface area contributed by atoms with Crippen molar-refractivity contribution < 1.29 is 21.9 Å². The van der Waals surface area contributed by atoms with E-state index < -0.39 is 20.7 Å². The van der Waals surface area contributed by atoms with Crippen LogP contribution in [-0.2, 0) is 10.0 Å². The fraction of sp³-hybridized carbons (Fsp3) is 0.292. The van der Waals surface area contributed by atoms with Crippen molar-refractivity contribution >= 4 is 43.7 Å². The van der Waals surface area contributed by atoms with Crippen LogP contribution < -0.4 is 14.8 Å². The predicted octanol–water partition coefficient (Wildman–Crippen LogP) is 5.73. The molecule has 0 saturated carbocycles. The molecule has 0 saturated heterocycles. The number of anilines is 1. The third-order valence-corrected chi connectivity index (χ3v) is 8.19. The number of ether oxygens (including phenoxy) is 1. The third kappa shape index (κ3) is 6.00. The first-order chi connectivity index (χ1) is 16.8. The van der Waals surface area contributed by atoms with Crippen LogP contribution in [-0.4, -0.2) is 32.6 Å². The molecule has 1 aliphatic carbocycles. The summed E-state index contributed by atoms with van der Waals surface area (Å²) in [4.78, 5) is 3.26.